The fourth-order valence-electron chi connectivity index (χ4n) is 1.96. The van der Waals surface area contributed by atoms with Gasteiger partial charge in [-0.3, -0.25) is 10.1 Å². The van der Waals surface area contributed by atoms with Crippen molar-refractivity contribution in [2.75, 3.05) is 7.11 Å². The van der Waals surface area contributed by atoms with Gasteiger partial charge in [0.25, 0.3) is 0 Å². The highest BCUT2D eigenvalue weighted by Crippen LogP contribution is 2.22. The van der Waals surface area contributed by atoms with Crippen LogP contribution in [0.4, 0.5) is 0 Å². The van der Waals surface area contributed by atoms with Crippen LogP contribution in [0.25, 0.3) is 0 Å². The normalized spacial score (nSPS) is 28.8. The summed E-state index contributed by atoms with van der Waals surface area (Å²) < 4.78 is 10.6. The molecule has 94 valence electrons. The zero-order chi connectivity index (χ0) is 12.1. The maximum atomic E-state index is 11.7. The summed E-state index contributed by atoms with van der Waals surface area (Å²) in [7, 11) is 1.42. The van der Waals surface area contributed by atoms with Gasteiger partial charge in [-0.1, -0.05) is 6.92 Å². The third-order valence-electron chi connectivity index (χ3n) is 3.17. The molecule has 0 radical (unpaired) electrons. The Hall–Kier alpha value is -0.610. The zero-order valence-corrected chi connectivity index (χ0v) is 10.7. The topological polar surface area (TPSA) is 47.6 Å². The Balaban J connectivity index is 2.60. The van der Waals surface area contributed by atoms with E-state index < -0.39 is 0 Å². The van der Waals surface area contributed by atoms with E-state index >= 15 is 0 Å². The van der Waals surface area contributed by atoms with Crippen LogP contribution in [0.1, 0.15) is 40.0 Å². The van der Waals surface area contributed by atoms with Crippen molar-refractivity contribution in [3.8, 4) is 0 Å². The molecule has 0 aromatic rings. The first-order chi connectivity index (χ1) is 7.58. The van der Waals surface area contributed by atoms with Crippen LogP contribution in [0.15, 0.2) is 0 Å². The maximum Gasteiger partial charge on any atom is 0.325 e. The van der Waals surface area contributed by atoms with Crippen LogP contribution in [0.3, 0.4) is 0 Å². The molecule has 0 bridgehead atoms. The van der Waals surface area contributed by atoms with Crippen molar-refractivity contribution in [2.45, 2.75) is 64.3 Å². The third-order valence-corrected chi connectivity index (χ3v) is 3.17. The summed E-state index contributed by atoms with van der Waals surface area (Å²) in [6, 6.07) is -0.0338. The Kier molecular flexibility index (Phi) is 5.22. The Labute approximate surface area is 97.7 Å². The van der Waals surface area contributed by atoms with Gasteiger partial charge in [-0.05, 0) is 33.1 Å². The monoisotopic (exact) mass is 229 g/mol. The van der Waals surface area contributed by atoms with Crippen molar-refractivity contribution in [2.24, 2.45) is 0 Å². The van der Waals surface area contributed by atoms with Gasteiger partial charge >= 0.3 is 5.97 Å². The van der Waals surface area contributed by atoms with E-state index in [2.05, 4.69) is 19.2 Å². The highest BCUT2D eigenvalue weighted by molar-refractivity contribution is 5.76. The summed E-state index contributed by atoms with van der Waals surface area (Å²) in [5.41, 5.74) is 0. The predicted octanol–water partition coefficient (Wildman–Crippen LogP) is 1.48. The number of esters is 1. The molecule has 1 fully saturated rings. The van der Waals surface area contributed by atoms with E-state index in [0.29, 0.717) is 6.04 Å². The van der Waals surface area contributed by atoms with Crippen molar-refractivity contribution in [1.29, 1.82) is 0 Å². The quantitative estimate of drug-likeness (QED) is 0.725. The molecule has 1 rings (SSSR count). The molecule has 1 saturated heterocycles. The summed E-state index contributed by atoms with van der Waals surface area (Å²) in [5, 5.41) is 3.28. The lowest BCUT2D eigenvalue weighted by Gasteiger charge is -2.25. The second-order valence-corrected chi connectivity index (χ2v) is 4.54. The second-order valence-electron chi connectivity index (χ2n) is 4.54. The molecule has 4 nitrogen and oxygen atoms in total. The molecule has 1 aliphatic heterocycles. The number of hydrogen-bond acceptors (Lipinski definition) is 4. The molecule has 4 atom stereocenters. The van der Waals surface area contributed by atoms with Crippen LogP contribution in [0.2, 0.25) is 0 Å². The van der Waals surface area contributed by atoms with Crippen LogP contribution in [-0.4, -0.2) is 37.4 Å². The van der Waals surface area contributed by atoms with Crippen LogP contribution >= 0.6 is 0 Å². The zero-order valence-electron chi connectivity index (χ0n) is 10.7. The van der Waals surface area contributed by atoms with Gasteiger partial charge in [-0.15, -0.1) is 0 Å². The Morgan fingerprint density at radius 3 is 2.69 bits per heavy atom. The molecule has 4 heteroatoms. The first-order valence-electron chi connectivity index (χ1n) is 6.07. The molecular formula is C12H23NO3. The first kappa shape index (κ1) is 13.5. The fourth-order valence-corrected chi connectivity index (χ4v) is 1.96. The number of carbonyl (C=O) groups is 1. The van der Waals surface area contributed by atoms with Crippen molar-refractivity contribution in [1.82, 2.24) is 5.32 Å². The van der Waals surface area contributed by atoms with Crippen molar-refractivity contribution >= 4 is 5.97 Å². The lowest BCUT2D eigenvalue weighted by molar-refractivity contribution is -0.147. The van der Waals surface area contributed by atoms with Crippen molar-refractivity contribution in [3.05, 3.63) is 0 Å². The van der Waals surface area contributed by atoms with E-state index in [4.69, 9.17) is 9.47 Å². The van der Waals surface area contributed by atoms with E-state index in [1.54, 1.807) is 0 Å². The molecule has 0 aromatic heterocycles. The van der Waals surface area contributed by atoms with Crippen LogP contribution in [-0.2, 0) is 14.3 Å². The lowest BCUT2D eigenvalue weighted by atomic mass is 10.1. The average Bonchev–Trinajstić information content (AvgIpc) is 2.71. The highest BCUT2D eigenvalue weighted by Gasteiger charge is 2.35. The number of rotatable bonds is 5. The number of nitrogens with one attached hydrogen (secondary N) is 1. The average molecular weight is 229 g/mol. The third kappa shape index (κ3) is 3.46. The minimum absolute atomic E-state index is 0.0450. The first-order valence-corrected chi connectivity index (χ1v) is 6.07. The molecule has 16 heavy (non-hydrogen) atoms. The molecular weight excluding hydrogens is 206 g/mol. The van der Waals surface area contributed by atoms with Crippen LogP contribution in [0, 0.1) is 0 Å². The molecule has 4 unspecified atom stereocenters. The van der Waals surface area contributed by atoms with Crippen molar-refractivity contribution in [3.63, 3.8) is 0 Å². The SMILES string of the molecule is CCC(C)NC(C(=O)OC)C1CCC(C)O1. The Morgan fingerprint density at radius 1 is 1.56 bits per heavy atom. The van der Waals surface area contributed by atoms with E-state index in [-0.39, 0.29) is 24.2 Å². The Morgan fingerprint density at radius 2 is 2.25 bits per heavy atom. The molecule has 1 N–H and O–H groups in total. The van der Waals surface area contributed by atoms with E-state index in [9.17, 15) is 4.79 Å². The summed E-state index contributed by atoms with van der Waals surface area (Å²) in [5.74, 6) is -0.223. The summed E-state index contributed by atoms with van der Waals surface area (Å²) in [6.45, 7) is 6.19. The smallest absolute Gasteiger partial charge is 0.325 e. The molecule has 0 aliphatic carbocycles. The second kappa shape index (κ2) is 6.21. The van der Waals surface area contributed by atoms with Gasteiger partial charge in [-0.25, -0.2) is 0 Å². The van der Waals surface area contributed by atoms with Gasteiger partial charge in [0, 0.05) is 6.04 Å². The van der Waals surface area contributed by atoms with Gasteiger partial charge in [-0.2, -0.15) is 0 Å². The molecule has 0 aromatic carbocycles. The van der Waals surface area contributed by atoms with Crippen molar-refractivity contribution < 1.29 is 14.3 Å². The minimum atomic E-state index is -0.329. The van der Waals surface area contributed by atoms with E-state index in [1.165, 1.54) is 7.11 Å². The predicted molar refractivity (Wildman–Crippen MR) is 62.3 cm³/mol. The fraction of sp³-hybridized carbons (Fsp3) is 0.917. The molecule has 0 spiro atoms. The molecule has 0 amide bonds. The summed E-state index contributed by atoms with van der Waals surface area (Å²) in [6.07, 6.45) is 3.12. The number of ether oxygens (including phenoxy) is 2. The van der Waals surface area contributed by atoms with Gasteiger partial charge < -0.3 is 9.47 Å². The number of hydrogen-bond donors (Lipinski definition) is 1. The van der Waals surface area contributed by atoms with Gasteiger partial charge in [0.2, 0.25) is 0 Å². The molecule has 1 heterocycles. The lowest BCUT2D eigenvalue weighted by Crippen LogP contribution is -2.50. The highest BCUT2D eigenvalue weighted by atomic mass is 16.5. The van der Waals surface area contributed by atoms with Crippen LogP contribution in [0.5, 0.6) is 0 Å². The van der Waals surface area contributed by atoms with Gasteiger partial charge in [0.05, 0.1) is 19.3 Å². The minimum Gasteiger partial charge on any atom is -0.468 e. The molecule has 1 aliphatic rings. The van der Waals surface area contributed by atoms with Crippen LogP contribution < -0.4 is 5.32 Å². The standard InChI is InChI=1S/C12H23NO3/c1-5-8(2)13-11(12(14)15-4)10-7-6-9(3)16-10/h8-11,13H,5-7H2,1-4H3. The largest absolute Gasteiger partial charge is 0.468 e. The summed E-state index contributed by atoms with van der Waals surface area (Å²) in [4.78, 5) is 11.7. The number of methoxy groups -OCH3 is 1. The van der Waals surface area contributed by atoms with E-state index in [1.807, 2.05) is 6.92 Å². The van der Waals surface area contributed by atoms with Gasteiger partial charge in [0.1, 0.15) is 6.04 Å². The maximum absolute atomic E-state index is 11.7. The van der Waals surface area contributed by atoms with Gasteiger partial charge in [0.15, 0.2) is 0 Å². The van der Waals surface area contributed by atoms with E-state index in [0.717, 1.165) is 19.3 Å². The molecule has 0 saturated carbocycles. The summed E-state index contributed by atoms with van der Waals surface area (Å²) >= 11 is 0. The number of carbonyl (C=O) groups excluding carboxylic acids is 1. The Bertz CT molecular complexity index is 232.